The molecule has 0 radical (unpaired) electrons. The van der Waals surface area contributed by atoms with E-state index in [1.165, 1.54) is 0 Å². The van der Waals surface area contributed by atoms with E-state index in [1.807, 2.05) is 24.3 Å². The van der Waals surface area contributed by atoms with Gasteiger partial charge in [-0.05, 0) is 43.2 Å². The zero-order valence-corrected chi connectivity index (χ0v) is 15.7. The molecule has 2 atom stereocenters. The third kappa shape index (κ3) is 4.37. The fourth-order valence-corrected chi connectivity index (χ4v) is 3.56. The number of rotatable bonds is 5. The van der Waals surface area contributed by atoms with E-state index in [9.17, 15) is 9.90 Å². The van der Waals surface area contributed by atoms with Crippen LogP contribution in [-0.2, 0) is 6.61 Å². The monoisotopic (exact) mass is 373 g/mol. The van der Waals surface area contributed by atoms with Crippen LogP contribution < -0.4 is 4.74 Å². The van der Waals surface area contributed by atoms with Gasteiger partial charge in [-0.1, -0.05) is 42.6 Å². The molecule has 2 aromatic carbocycles. The molecule has 0 aromatic heterocycles. The number of ether oxygens (including phenoxy) is 1. The second-order valence-corrected chi connectivity index (χ2v) is 7.15. The number of nitrogens with zero attached hydrogens (tertiary/aromatic N) is 1. The molecule has 1 N–H and O–H groups in total. The number of aliphatic hydroxyl groups excluding tert-OH is 1. The Morgan fingerprint density at radius 3 is 2.54 bits per heavy atom. The second-order valence-electron chi connectivity index (χ2n) is 6.74. The number of halogens is 1. The van der Waals surface area contributed by atoms with Crippen molar-refractivity contribution >= 4 is 17.5 Å². The summed E-state index contributed by atoms with van der Waals surface area (Å²) in [7, 11) is 1.77. The van der Waals surface area contributed by atoms with E-state index in [2.05, 4.69) is 0 Å². The van der Waals surface area contributed by atoms with Gasteiger partial charge in [0.15, 0.2) is 0 Å². The van der Waals surface area contributed by atoms with E-state index in [0.29, 0.717) is 22.9 Å². The maximum Gasteiger partial charge on any atom is 0.253 e. The van der Waals surface area contributed by atoms with Gasteiger partial charge in [-0.2, -0.15) is 0 Å². The zero-order chi connectivity index (χ0) is 18.5. The first-order chi connectivity index (χ1) is 12.6. The van der Waals surface area contributed by atoms with E-state index in [1.54, 1.807) is 36.2 Å². The van der Waals surface area contributed by atoms with Crippen molar-refractivity contribution in [1.29, 1.82) is 0 Å². The number of amides is 1. The van der Waals surface area contributed by atoms with Crippen LogP contribution in [0.25, 0.3) is 0 Å². The molecule has 0 bridgehead atoms. The van der Waals surface area contributed by atoms with Gasteiger partial charge in [0.05, 0.1) is 12.1 Å². The molecule has 1 aliphatic carbocycles. The Bertz CT molecular complexity index is 747. The highest BCUT2D eigenvalue weighted by Crippen LogP contribution is 2.24. The summed E-state index contributed by atoms with van der Waals surface area (Å²) in [6, 6.07) is 14.5. The van der Waals surface area contributed by atoms with Crippen LogP contribution in [0.5, 0.6) is 5.75 Å². The van der Waals surface area contributed by atoms with Gasteiger partial charge >= 0.3 is 0 Å². The second kappa shape index (κ2) is 8.56. The Morgan fingerprint density at radius 2 is 1.85 bits per heavy atom. The van der Waals surface area contributed by atoms with Crippen LogP contribution in [0.4, 0.5) is 0 Å². The van der Waals surface area contributed by atoms with Crippen molar-refractivity contribution in [3.8, 4) is 5.75 Å². The van der Waals surface area contributed by atoms with Crippen molar-refractivity contribution in [2.75, 3.05) is 7.05 Å². The minimum Gasteiger partial charge on any atom is -0.489 e. The van der Waals surface area contributed by atoms with Crippen molar-refractivity contribution in [3.05, 3.63) is 64.7 Å². The van der Waals surface area contributed by atoms with Gasteiger partial charge in [0, 0.05) is 23.2 Å². The molecule has 26 heavy (non-hydrogen) atoms. The summed E-state index contributed by atoms with van der Waals surface area (Å²) >= 11 is 6.13. The van der Waals surface area contributed by atoms with Crippen LogP contribution in [0.2, 0.25) is 5.02 Å². The molecule has 1 saturated carbocycles. The minimum absolute atomic E-state index is 0.0754. The standard InChI is InChI=1S/C21H24ClNO3/c1-23(19-8-4-5-9-20(19)24)21(25)15-10-12-17(13-11-15)26-14-16-6-2-3-7-18(16)22/h2-3,6-7,10-13,19-20,24H,4-5,8-9,14H2,1H3/t19-,20-/m1/s1. The lowest BCUT2D eigenvalue weighted by Crippen LogP contribution is -2.46. The lowest BCUT2D eigenvalue weighted by atomic mass is 9.91. The minimum atomic E-state index is -0.434. The smallest absolute Gasteiger partial charge is 0.253 e. The highest BCUT2D eigenvalue weighted by Gasteiger charge is 2.29. The number of likely N-dealkylation sites (N-methyl/N-ethyl adjacent to an activating group) is 1. The molecule has 0 unspecified atom stereocenters. The van der Waals surface area contributed by atoms with Crippen molar-refractivity contribution < 1.29 is 14.6 Å². The summed E-state index contributed by atoms with van der Waals surface area (Å²) in [5, 5.41) is 10.8. The van der Waals surface area contributed by atoms with Crippen molar-refractivity contribution in [3.63, 3.8) is 0 Å². The first-order valence-electron chi connectivity index (χ1n) is 8.98. The average Bonchev–Trinajstić information content (AvgIpc) is 2.67. The van der Waals surface area contributed by atoms with Crippen LogP contribution in [0.15, 0.2) is 48.5 Å². The number of hydrogen-bond donors (Lipinski definition) is 1. The number of benzene rings is 2. The molecule has 1 fully saturated rings. The molecular formula is C21H24ClNO3. The van der Waals surface area contributed by atoms with E-state index in [4.69, 9.17) is 16.3 Å². The van der Waals surface area contributed by atoms with Crippen LogP contribution in [0.1, 0.15) is 41.6 Å². The van der Waals surface area contributed by atoms with E-state index in [0.717, 1.165) is 31.2 Å². The molecule has 0 heterocycles. The average molecular weight is 374 g/mol. The van der Waals surface area contributed by atoms with Gasteiger partial charge < -0.3 is 14.7 Å². The predicted octanol–water partition coefficient (Wildman–Crippen LogP) is 4.29. The van der Waals surface area contributed by atoms with Crippen molar-refractivity contribution in [2.24, 2.45) is 0 Å². The molecule has 3 rings (SSSR count). The summed E-state index contributed by atoms with van der Waals surface area (Å²) in [5.41, 5.74) is 1.51. The first kappa shape index (κ1) is 18.7. The Morgan fingerprint density at radius 1 is 1.15 bits per heavy atom. The fourth-order valence-electron chi connectivity index (χ4n) is 3.37. The Hall–Kier alpha value is -2.04. The fraction of sp³-hybridized carbons (Fsp3) is 0.381. The molecule has 5 heteroatoms. The lowest BCUT2D eigenvalue weighted by Gasteiger charge is -2.35. The highest BCUT2D eigenvalue weighted by atomic mass is 35.5. The number of hydrogen-bond acceptors (Lipinski definition) is 3. The number of carbonyl (C=O) groups excluding carboxylic acids is 1. The summed E-state index contributed by atoms with van der Waals surface area (Å²) in [4.78, 5) is 14.4. The largest absolute Gasteiger partial charge is 0.489 e. The summed E-state index contributed by atoms with van der Waals surface area (Å²) in [6.07, 6.45) is 3.25. The molecule has 1 amide bonds. The van der Waals surface area contributed by atoms with Crippen LogP contribution in [-0.4, -0.2) is 35.1 Å². The van der Waals surface area contributed by atoms with Gasteiger partial charge in [-0.15, -0.1) is 0 Å². The maximum atomic E-state index is 12.7. The van der Waals surface area contributed by atoms with Gasteiger partial charge in [0.1, 0.15) is 12.4 Å². The molecule has 0 spiro atoms. The van der Waals surface area contributed by atoms with Crippen LogP contribution in [0.3, 0.4) is 0 Å². The van der Waals surface area contributed by atoms with Gasteiger partial charge in [0.25, 0.3) is 5.91 Å². The Balaban J connectivity index is 1.61. The molecule has 1 aliphatic rings. The number of carbonyl (C=O) groups is 1. The zero-order valence-electron chi connectivity index (χ0n) is 14.9. The quantitative estimate of drug-likeness (QED) is 0.850. The predicted molar refractivity (Wildman–Crippen MR) is 103 cm³/mol. The first-order valence-corrected chi connectivity index (χ1v) is 9.35. The Labute approximate surface area is 159 Å². The molecule has 4 nitrogen and oxygen atoms in total. The van der Waals surface area contributed by atoms with Crippen molar-refractivity contribution in [2.45, 2.75) is 44.4 Å². The number of aliphatic hydroxyl groups is 1. The summed E-state index contributed by atoms with van der Waals surface area (Å²) < 4.78 is 5.75. The van der Waals surface area contributed by atoms with E-state index >= 15 is 0 Å². The van der Waals surface area contributed by atoms with Gasteiger partial charge in [-0.25, -0.2) is 0 Å². The third-order valence-electron chi connectivity index (χ3n) is 4.97. The lowest BCUT2D eigenvalue weighted by molar-refractivity contribution is 0.0268. The molecule has 0 aliphatic heterocycles. The van der Waals surface area contributed by atoms with E-state index < -0.39 is 6.10 Å². The Kier molecular flexibility index (Phi) is 6.17. The molecule has 138 valence electrons. The van der Waals surface area contributed by atoms with Gasteiger partial charge in [0.2, 0.25) is 0 Å². The normalized spacial score (nSPS) is 19.8. The van der Waals surface area contributed by atoms with Crippen molar-refractivity contribution in [1.82, 2.24) is 4.90 Å². The maximum absolute atomic E-state index is 12.7. The van der Waals surface area contributed by atoms with Crippen LogP contribution in [0, 0.1) is 0 Å². The topological polar surface area (TPSA) is 49.8 Å². The SMILES string of the molecule is CN(C(=O)c1ccc(OCc2ccccc2Cl)cc1)[C@@H]1CCCC[C@H]1O. The van der Waals surface area contributed by atoms with Crippen LogP contribution >= 0.6 is 11.6 Å². The van der Waals surface area contributed by atoms with E-state index in [-0.39, 0.29) is 11.9 Å². The third-order valence-corrected chi connectivity index (χ3v) is 5.33. The summed E-state index contributed by atoms with van der Waals surface area (Å²) in [6.45, 7) is 0.376. The molecule has 0 saturated heterocycles. The molecular weight excluding hydrogens is 350 g/mol. The highest BCUT2D eigenvalue weighted by molar-refractivity contribution is 6.31. The summed E-state index contributed by atoms with van der Waals surface area (Å²) in [5.74, 6) is 0.607. The molecule has 2 aromatic rings. The van der Waals surface area contributed by atoms with Gasteiger partial charge in [-0.3, -0.25) is 4.79 Å².